The average Bonchev–Trinajstić information content (AvgIpc) is 2.90. The molecule has 0 aliphatic carbocycles. The minimum absolute atomic E-state index is 0.333. The minimum Gasteiger partial charge on any atom is -0.439 e. The lowest BCUT2D eigenvalue weighted by molar-refractivity contribution is 0.459. The lowest BCUT2D eigenvalue weighted by atomic mass is 10.1. The third-order valence-corrected chi connectivity index (χ3v) is 3.50. The molecule has 110 valence electrons. The number of fused-ring (bicyclic) bond motifs is 1. The normalized spacial score (nSPS) is 10.6. The summed E-state index contributed by atoms with van der Waals surface area (Å²) in [5.74, 6) is 1.42. The summed E-state index contributed by atoms with van der Waals surface area (Å²) in [4.78, 5) is 8.45. The number of aryl methyl sites for hydroxylation is 2. The molecule has 3 rings (SSSR count). The van der Waals surface area contributed by atoms with E-state index in [0.29, 0.717) is 28.5 Å². The molecular formula is C16H15N5O. The second-order valence-electron chi connectivity index (χ2n) is 4.96. The van der Waals surface area contributed by atoms with E-state index in [4.69, 9.17) is 15.7 Å². The van der Waals surface area contributed by atoms with Crippen LogP contribution in [-0.2, 0) is 13.5 Å². The molecule has 0 aliphatic rings. The third-order valence-electron chi connectivity index (χ3n) is 3.50. The van der Waals surface area contributed by atoms with Crippen molar-refractivity contribution in [3.63, 3.8) is 0 Å². The number of hydrogen-bond acceptors (Lipinski definition) is 5. The number of anilines is 1. The summed E-state index contributed by atoms with van der Waals surface area (Å²) >= 11 is 0. The molecule has 2 aromatic heterocycles. The largest absolute Gasteiger partial charge is 0.439 e. The molecule has 3 aromatic rings. The molecule has 0 saturated carbocycles. The van der Waals surface area contributed by atoms with Gasteiger partial charge in [-0.15, -0.1) is 0 Å². The van der Waals surface area contributed by atoms with Gasteiger partial charge in [-0.1, -0.05) is 6.92 Å². The van der Waals surface area contributed by atoms with E-state index >= 15 is 0 Å². The summed E-state index contributed by atoms with van der Waals surface area (Å²) in [7, 11) is 1.89. The Balaban J connectivity index is 2.03. The van der Waals surface area contributed by atoms with Crippen LogP contribution >= 0.6 is 0 Å². The van der Waals surface area contributed by atoms with Crippen LogP contribution in [0.5, 0.6) is 11.6 Å². The molecular weight excluding hydrogens is 278 g/mol. The second kappa shape index (κ2) is 5.37. The standard InChI is InChI=1S/C16H15N5O/c1-3-11-6-10(8-17)4-5-13(11)22-14-7-12-15(16(18)20-14)19-9-21(12)2/h4-7,9H,3H2,1-2H3,(H2,18,20). The van der Waals surface area contributed by atoms with Crippen molar-refractivity contribution in [1.29, 1.82) is 5.26 Å². The van der Waals surface area contributed by atoms with Crippen molar-refractivity contribution in [2.75, 3.05) is 5.73 Å². The summed E-state index contributed by atoms with van der Waals surface area (Å²) in [6, 6.07) is 9.25. The van der Waals surface area contributed by atoms with E-state index in [1.807, 2.05) is 24.6 Å². The van der Waals surface area contributed by atoms with Crippen LogP contribution in [0.2, 0.25) is 0 Å². The van der Waals surface area contributed by atoms with Gasteiger partial charge in [0.2, 0.25) is 5.88 Å². The number of nitrogens with two attached hydrogens (primary N) is 1. The van der Waals surface area contributed by atoms with E-state index in [1.165, 1.54) is 0 Å². The summed E-state index contributed by atoms with van der Waals surface area (Å²) in [6.07, 6.45) is 2.44. The van der Waals surface area contributed by atoms with Crippen molar-refractivity contribution >= 4 is 16.9 Å². The average molecular weight is 293 g/mol. The van der Waals surface area contributed by atoms with Gasteiger partial charge in [0.1, 0.15) is 11.3 Å². The lowest BCUT2D eigenvalue weighted by Crippen LogP contribution is -1.98. The van der Waals surface area contributed by atoms with E-state index in [1.54, 1.807) is 24.5 Å². The van der Waals surface area contributed by atoms with Gasteiger partial charge in [-0.25, -0.2) is 4.98 Å². The van der Waals surface area contributed by atoms with Crippen LogP contribution in [0.3, 0.4) is 0 Å². The Morgan fingerprint density at radius 2 is 2.18 bits per heavy atom. The zero-order valence-corrected chi connectivity index (χ0v) is 12.4. The summed E-state index contributed by atoms with van der Waals surface area (Å²) in [6.45, 7) is 2.01. The van der Waals surface area contributed by atoms with Gasteiger partial charge >= 0.3 is 0 Å². The monoisotopic (exact) mass is 293 g/mol. The molecule has 0 amide bonds. The van der Waals surface area contributed by atoms with Gasteiger partial charge in [-0.2, -0.15) is 10.2 Å². The Morgan fingerprint density at radius 3 is 2.91 bits per heavy atom. The number of nitrogens with zero attached hydrogens (tertiary/aromatic N) is 4. The zero-order chi connectivity index (χ0) is 15.7. The van der Waals surface area contributed by atoms with Crippen molar-refractivity contribution < 1.29 is 4.74 Å². The number of aromatic nitrogens is 3. The Labute approximate surface area is 127 Å². The smallest absolute Gasteiger partial charge is 0.223 e. The number of benzene rings is 1. The Kier molecular flexibility index (Phi) is 3.39. The van der Waals surface area contributed by atoms with Crippen molar-refractivity contribution in [3.05, 3.63) is 41.7 Å². The highest BCUT2D eigenvalue weighted by atomic mass is 16.5. The fourth-order valence-corrected chi connectivity index (χ4v) is 2.32. The van der Waals surface area contributed by atoms with E-state index < -0.39 is 0 Å². The van der Waals surface area contributed by atoms with Gasteiger partial charge in [0.25, 0.3) is 0 Å². The van der Waals surface area contributed by atoms with Crippen LogP contribution in [0.15, 0.2) is 30.6 Å². The molecule has 0 spiro atoms. The first-order chi connectivity index (χ1) is 10.6. The van der Waals surface area contributed by atoms with Gasteiger partial charge < -0.3 is 15.0 Å². The van der Waals surface area contributed by atoms with Gasteiger partial charge in [0.15, 0.2) is 5.82 Å². The van der Waals surface area contributed by atoms with Gasteiger partial charge in [0.05, 0.1) is 23.5 Å². The van der Waals surface area contributed by atoms with Crippen LogP contribution in [0.4, 0.5) is 5.82 Å². The second-order valence-corrected chi connectivity index (χ2v) is 4.96. The first kappa shape index (κ1) is 13.9. The van der Waals surface area contributed by atoms with E-state index in [-0.39, 0.29) is 0 Å². The van der Waals surface area contributed by atoms with Crippen LogP contribution in [-0.4, -0.2) is 14.5 Å². The fourth-order valence-electron chi connectivity index (χ4n) is 2.32. The van der Waals surface area contributed by atoms with Crippen molar-refractivity contribution in [3.8, 4) is 17.7 Å². The molecule has 6 nitrogen and oxygen atoms in total. The number of hydrogen-bond donors (Lipinski definition) is 1. The highest BCUT2D eigenvalue weighted by molar-refractivity contribution is 5.85. The summed E-state index contributed by atoms with van der Waals surface area (Å²) in [5, 5.41) is 8.97. The number of imidazole rings is 1. The van der Waals surface area contributed by atoms with E-state index in [2.05, 4.69) is 16.0 Å². The number of rotatable bonds is 3. The molecule has 0 fully saturated rings. The Hall–Kier alpha value is -3.07. The van der Waals surface area contributed by atoms with Crippen LogP contribution < -0.4 is 10.5 Å². The maximum absolute atomic E-state index is 8.97. The predicted molar refractivity (Wildman–Crippen MR) is 83.5 cm³/mol. The summed E-state index contributed by atoms with van der Waals surface area (Å²) < 4.78 is 7.73. The highest BCUT2D eigenvalue weighted by Gasteiger charge is 2.11. The van der Waals surface area contributed by atoms with Gasteiger partial charge in [0, 0.05) is 13.1 Å². The number of nitriles is 1. The lowest BCUT2D eigenvalue weighted by Gasteiger charge is -2.10. The molecule has 0 unspecified atom stereocenters. The molecule has 1 aromatic carbocycles. The molecule has 22 heavy (non-hydrogen) atoms. The summed E-state index contributed by atoms with van der Waals surface area (Å²) in [5.41, 5.74) is 9.00. The molecule has 0 aliphatic heterocycles. The highest BCUT2D eigenvalue weighted by Crippen LogP contribution is 2.29. The number of nitrogen functional groups attached to an aromatic ring is 1. The fraction of sp³-hybridized carbons (Fsp3) is 0.188. The van der Waals surface area contributed by atoms with E-state index in [9.17, 15) is 0 Å². The SMILES string of the molecule is CCc1cc(C#N)ccc1Oc1cc2c(ncn2C)c(N)n1. The minimum atomic E-state index is 0.333. The molecule has 0 atom stereocenters. The molecule has 0 saturated heterocycles. The maximum atomic E-state index is 8.97. The van der Waals surface area contributed by atoms with Gasteiger partial charge in [-0.05, 0) is 30.2 Å². The van der Waals surface area contributed by atoms with E-state index in [0.717, 1.165) is 17.5 Å². The van der Waals surface area contributed by atoms with Crippen molar-refractivity contribution in [1.82, 2.24) is 14.5 Å². The van der Waals surface area contributed by atoms with Crippen LogP contribution in [0, 0.1) is 11.3 Å². The maximum Gasteiger partial charge on any atom is 0.223 e. The number of pyridine rings is 1. The number of ether oxygens (including phenoxy) is 1. The predicted octanol–water partition coefficient (Wildman–Crippen LogP) is 2.78. The Bertz CT molecular complexity index is 891. The zero-order valence-electron chi connectivity index (χ0n) is 12.4. The first-order valence-corrected chi connectivity index (χ1v) is 6.90. The van der Waals surface area contributed by atoms with Crippen molar-refractivity contribution in [2.45, 2.75) is 13.3 Å². The quantitative estimate of drug-likeness (QED) is 0.802. The Morgan fingerprint density at radius 1 is 1.36 bits per heavy atom. The van der Waals surface area contributed by atoms with Crippen LogP contribution in [0.25, 0.3) is 11.0 Å². The van der Waals surface area contributed by atoms with Gasteiger partial charge in [-0.3, -0.25) is 0 Å². The molecule has 2 heterocycles. The molecule has 2 N–H and O–H groups in total. The molecule has 6 heteroatoms. The first-order valence-electron chi connectivity index (χ1n) is 6.90. The molecule has 0 radical (unpaired) electrons. The third kappa shape index (κ3) is 2.33. The molecule has 0 bridgehead atoms. The topological polar surface area (TPSA) is 89.8 Å². The van der Waals surface area contributed by atoms with Crippen molar-refractivity contribution in [2.24, 2.45) is 7.05 Å². The van der Waals surface area contributed by atoms with Crippen LogP contribution in [0.1, 0.15) is 18.1 Å².